The molecule has 10 aliphatic rings. The van der Waals surface area contributed by atoms with Gasteiger partial charge in [-0.05, 0) is 34.6 Å². The lowest BCUT2D eigenvalue weighted by Crippen LogP contribution is -2.42. The molecule has 478 valence electrons. The predicted octanol–water partition coefficient (Wildman–Crippen LogP) is -3.06. The van der Waals surface area contributed by atoms with Crippen LogP contribution in [0.15, 0.2) is 121 Å². The van der Waals surface area contributed by atoms with Crippen LogP contribution in [0.2, 0.25) is 0 Å². The summed E-state index contributed by atoms with van der Waals surface area (Å²) in [5, 5.41) is 106. The first-order valence-corrected chi connectivity index (χ1v) is 27.2. The SMILES string of the molecule is C.C=C1NC(=O)C(C)=CN1[C@H]1CC(O)[C@@H](CO)O1.C=C1NC(=O)C(C)=CN1[C@H]1CC(O)[C@@H](CO)O1.C=C1NC(=O)C(C)=CN1[C@H]1CC(O)[C@@H](C[18OH])O1.C=C1NC(=O)C(C)=CN1[C@H]1CC([18OH])[C@@H](CO)O1.C=C1NC(=[18O])C(C)=CN1[C@H]1CC(O)[C@@H](CO)O1. The summed E-state index contributed by atoms with van der Waals surface area (Å²) in [6.07, 6.45) is 1.51. The summed E-state index contributed by atoms with van der Waals surface area (Å²) in [4.78, 5) is 65.1. The highest BCUT2D eigenvalue weighted by Crippen LogP contribution is 2.32. The minimum atomic E-state index is -0.705. The van der Waals surface area contributed by atoms with Crippen LogP contribution in [0.25, 0.3) is 0 Å². The molecule has 10 rings (SSSR count). The number of aliphatic hydroxyl groups is 10. The highest BCUT2D eigenvalue weighted by Gasteiger charge is 2.43. The molecule has 0 aromatic carbocycles. The number of hydrogen-bond donors (Lipinski definition) is 15. The average Bonchev–Trinajstić information content (AvgIpc) is 2.45. The second-order valence-corrected chi connectivity index (χ2v) is 21.2. The van der Waals surface area contributed by atoms with Crippen LogP contribution in [-0.2, 0) is 47.7 Å². The molecule has 15 N–H and O–H groups in total. The van der Waals surface area contributed by atoms with Gasteiger partial charge in [-0.15, -0.1) is 0 Å². The Morgan fingerprint density at radius 1 is 0.442 bits per heavy atom. The molecular weight excluding hydrogens is 1140 g/mol. The molecule has 10 heterocycles. The van der Waals surface area contributed by atoms with Crippen LogP contribution in [0.1, 0.15) is 74.1 Å². The van der Waals surface area contributed by atoms with Crippen molar-refractivity contribution >= 4 is 29.5 Å². The maximum Gasteiger partial charge on any atom is 0.253 e. The summed E-state index contributed by atoms with van der Waals surface area (Å²) in [6.45, 7) is 25.9. The van der Waals surface area contributed by atoms with E-state index >= 15 is 0 Å². The molecule has 0 bridgehead atoms. The molecule has 0 spiro atoms. The van der Waals surface area contributed by atoms with Crippen molar-refractivity contribution in [3.05, 3.63) is 121 Å². The highest BCUT2D eigenvalue weighted by atomic mass is 18.2. The van der Waals surface area contributed by atoms with Gasteiger partial charge in [0.1, 0.15) is 90.8 Å². The van der Waals surface area contributed by atoms with Crippen LogP contribution in [0.5, 0.6) is 0 Å². The largest absolute Gasteiger partial charge is 0.394 e. The molecule has 86 heavy (non-hydrogen) atoms. The summed E-state index contributed by atoms with van der Waals surface area (Å²) >= 11 is 0. The molecule has 0 aromatic rings. The van der Waals surface area contributed by atoms with Crippen LogP contribution in [-0.4, -0.2) is 230 Å². The lowest BCUT2D eigenvalue weighted by molar-refractivity contribution is -0.119. The van der Waals surface area contributed by atoms with Gasteiger partial charge >= 0.3 is 0 Å². The Bertz CT molecular complexity index is 2320. The van der Waals surface area contributed by atoms with E-state index in [1.165, 1.54) is 0 Å². The van der Waals surface area contributed by atoms with Gasteiger partial charge in [-0.1, -0.05) is 40.3 Å². The van der Waals surface area contributed by atoms with Crippen molar-refractivity contribution < 1.29 is 98.7 Å². The fourth-order valence-corrected chi connectivity index (χ4v) is 9.73. The summed E-state index contributed by atoms with van der Waals surface area (Å²) in [6, 6.07) is 0. The zero-order valence-electron chi connectivity index (χ0n) is 47.9. The van der Waals surface area contributed by atoms with E-state index in [9.17, 15) is 49.5 Å². The fourth-order valence-electron chi connectivity index (χ4n) is 9.73. The Labute approximate surface area is 498 Å². The quantitative estimate of drug-likeness (QED) is 0.0966. The van der Waals surface area contributed by atoms with Crippen molar-refractivity contribution in [1.29, 1.82) is 0 Å². The maximum absolute atomic E-state index is 11.4. The van der Waals surface area contributed by atoms with Crippen LogP contribution in [0, 0.1) is 0 Å². The lowest BCUT2D eigenvalue weighted by atomic mass is 10.1. The van der Waals surface area contributed by atoms with E-state index < -0.39 is 92.2 Å². The molecule has 5 unspecified atom stereocenters. The molecule has 30 heteroatoms. The Hall–Kier alpha value is -6.85. The van der Waals surface area contributed by atoms with E-state index in [-0.39, 0.29) is 70.0 Å². The predicted molar refractivity (Wildman–Crippen MR) is 303 cm³/mol. The molecule has 5 amide bonds. The highest BCUT2D eigenvalue weighted by molar-refractivity contribution is 5.96. The normalized spacial score (nSPS) is 33.3. The summed E-state index contributed by atoms with van der Waals surface area (Å²) < 4.78 is 27.4. The average molecular weight is 1220 g/mol. The van der Waals surface area contributed by atoms with Crippen LogP contribution < -0.4 is 26.6 Å². The smallest absolute Gasteiger partial charge is 0.253 e. The minimum absolute atomic E-state index is 0. The van der Waals surface area contributed by atoms with Gasteiger partial charge in [0, 0.05) is 91.0 Å². The lowest BCUT2D eigenvalue weighted by Gasteiger charge is -2.32. The van der Waals surface area contributed by atoms with Gasteiger partial charge in [0.25, 0.3) is 29.5 Å². The van der Waals surface area contributed by atoms with Crippen molar-refractivity contribution in [2.45, 2.75) is 166 Å². The van der Waals surface area contributed by atoms with Crippen molar-refractivity contribution in [1.82, 2.24) is 51.1 Å². The first kappa shape index (κ1) is 69.9. The molecule has 15 atom stereocenters. The molecule has 5 fully saturated rings. The Kier molecular flexibility index (Phi) is 24.9. The first-order chi connectivity index (χ1) is 40.1. The van der Waals surface area contributed by atoms with Crippen molar-refractivity contribution in [3.63, 3.8) is 0 Å². The first-order valence-electron chi connectivity index (χ1n) is 27.2. The standard InChI is InChI=1S/5C11H16N2O4.CH4/c5*1-6-4-13(7(2)12-11(6)16)10-3-8(15)9(5-14)17-10;/h5*4,8-10,14-15H,2-3,5H2,1H3,(H,12,16);1H4/t5*8?,9-,10-;/m11111./s1/i16+2;15+2;14+2;;;. The van der Waals surface area contributed by atoms with E-state index in [2.05, 4.69) is 59.5 Å². The number of carbonyl (C=O) groups is 5. The maximum atomic E-state index is 11.4. The molecule has 0 aromatic heterocycles. The summed E-state index contributed by atoms with van der Waals surface area (Å²) in [5.41, 5.74) is 2.72. The van der Waals surface area contributed by atoms with Crippen LogP contribution in [0.3, 0.4) is 0 Å². The van der Waals surface area contributed by atoms with Crippen molar-refractivity contribution in [3.8, 4) is 0 Å². The molecule has 0 aliphatic carbocycles. The number of nitrogens with one attached hydrogen (secondary N) is 5. The summed E-state index contributed by atoms with van der Waals surface area (Å²) in [7, 11) is 0. The third-order valence-corrected chi connectivity index (χ3v) is 14.8. The summed E-state index contributed by atoms with van der Waals surface area (Å²) in [5.74, 6) is 1.11. The number of hydrogen-bond acceptors (Lipinski definition) is 25. The number of aliphatic hydroxyl groups excluding tert-OH is 10. The van der Waals surface area contributed by atoms with Gasteiger partial charge in [-0.3, -0.25) is 24.0 Å². The zero-order chi connectivity index (χ0) is 62.9. The molecule has 10 aliphatic heterocycles. The number of carbonyl (C=O) groups excluding carboxylic acids is 5. The second-order valence-electron chi connectivity index (χ2n) is 21.2. The Morgan fingerprint density at radius 2 is 0.674 bits per heavy atom. The van der Waals surface area contributed by atoms with Gasteiger partial charge < -0.3 is 126 Å². The molecule has 0 radical (unpaired) electrons. The fraction of sp³-hybridized carbons (Fsp3) is 0.554. The molecule has 0 saturated carbocycles. The van der Waals surface area contributed by atoms with Crippen molar-refractivity contribution in [2.75, 3.05) is 33.0 Å². The second kappa shape index (κ2) is 30.7. The molecular formula is C56H84N10O20. The third kappa shape index (κ3) is 16.8. The number of ether oxygens (including phenoxy) is 5. The number of amides is 5. The topological polar surface area (TPSA) is 410 Å². The van der Waals surface area contributed by atoms with Gasteiger partial charge in [-0.25, -0.2) is 0 Å². The van der Waals surface area contributed by atoms with E-state index in [0.29, 0.717) is 89.1 Å². The van der Waals surface area contributed by atoms with E-state index in [4.69, 9.17) is 49.2 Å². The molecule has 30 nitrogen and oxygen atoms in total. The van der Waals surface area contributed by atoms with Gasteiger partial charge in [-0.2, -0.15) is 0 Å². The number of rotatable bonds is 10. The van der Waals surface area contributed by atoms with E-state index in [1.54, 1.807) is 90.1 Å². The van der Waals surface area contributed by atoms with Gasteiger partial charge in [0.15, 0.2) is 0 Å². The number of nitrogens with zero attached hydrogens (tertiary/aromatic N) is 5. The Balaban J connectivity index is 0.000000196. The van der Waals surface area contributed by atoms with Gasteiger partial charge in [0.2, 0.25) is 0 Å². The minimum Gasteiger partial charge on any atom is -0.394 e. The van der Waals surface area contributed by atoms with E-state index in [1.807, 2.05) is 0 Å². The zero-order valence-corrected chi connectivity index (χ0v) is 47.9. The van der Waals surface area contributed by atoms with Crippen molar-refractivity contribution in [2.24, 2.45) is 0 Å². The van der Waals surface area contributed by atoms with E-state index in [0.717, 1.165) is 0 Å². The van der Waals surface area contributed by atoms with Gasteiger partial charge in [0.05, 0.1) is 63.6 Å². The third-order valence-electron chi connectivity index (χ3n) is 14.8. The van der Waals surface area contributed by atoms with Crippen LogP contribution in [0.4, 0.5) is 0 Å². The van der Waals surface area contributed by atoms with Crippen LogP contribution >= 0.6 is 0 Å². The Morgan fingerprint density at radius 3 is 0.919 bits per heavy atom. The monoisotopic (exact) mass is 1220 g/mol. The molecule has 5 saturated heterocycles.